The lowest BCUT2D eigenvalue weighted by Crippen LogP contribution is -2.50. The van der Waals surface area contributed by atoms with Crippen LogP contribution in [0.15, 0.2) is 83.5 Å². The molecule has 4 saturated heterocycles. The second-order valence-electron chi connectivity index (χ2n) is 22.5. The van der Waals surface area contributed by atoms with Crippen LogP contribution < -0.4 is 21.3 Å². The van der Waals surface area contributed by atoms with Gasteiger partial charge < -0.3 is 40.5 Å². The summed E-state index contributed by atoms with van der Waals surface area (Å²) < 4.78 is 25.9. The number of allylic oxidation sites excluding steroid dienone is 2. The van der Waals surface area contributed by atoms with Crippen LogP contribution in [-0.2, 0) is 41.7 Å². The van der Waals surface area contributed by atoms with Crippen molar-refractivity contribution >= 4 is 41.4 Å². The van der Waals surface area contributed by atoms with Gasteiger partial charge in [-0.15, -0.1) is 0 Å². The first kappa shape index (κ1) is 61.6. The van der Waals surface area contributed by atoms with E-state index in [1.165, 1.54) is 12.1 Å². The Labute approximate surface area is 467 Å². The van der Waals surface area contributed by atoms with E-state index >= 15 is 0 Å². The highest BCUT2D eigenvalue weighted by Crippen LogP contribution is 2.33. The Morgan fingerprint density at radius 3 is 2.08 bits per heavy atom. The number of likely N-dealkylation sites (tertiary alicyclic amines) is 1. The minimum Gasteiger partial charge on any atom is -0.375 e. The molecule has 4 fully saturated rings. The smallest absolute Gasteiger partial charge is 0.315 e. The van der Waals surface area contributed by atoms with E-state index in [1.807, 2.05) is 94.3 Å². The number of urea groups is 1. The molecule has 6 amide bonds. The second kappa shape index (κ2) is 30.1. The van der Waals surface area contributed by atoms with Crippen LogP contribution in [0, 0.1) is 17.1 Å². The molecule has 3 atom stereocenters. The van der Waals surface area contributed by atoms with E-state index in [9.17, 15) is 33.6 Å². The molecule has 0 saturated carbocycles. The maximum atomic E-state index is 14.8. The largest absolute Gasteiger partial charge is 0.375 e. The molecule has 4 heterocycles. The van der Waals surface area contributed by atoms with Gasteiger partial charge in [0.25, 0.3) is 11.8 Å². The zero-order valence-electron chi connectivity index (χ0n) is 47.3. The minimum absolute atomic E-state index is 0.0378. The maximum absolute atomic E-state index is 14.8. The van der Waals surface area contributed by atoms with Gasteiger partial charge in [0.1, 0.15) is 5.82 Å². The van der Waals surface area contributed by atoms with Crippen molar-refractivity contribution in [3.8, 4) is 6.07 Å². The quantitative estimate of drug-likeness (QED) is 0.0288. The van der Waals surface area contributed by atoms with Crippen molar-refractivity contribution in [2.75, 3.05) is 77.9 Å². The molecule has 426 valence electrons. The summed E-state index contributed by atoms with van der Waals surface area (Å²) in [6.07, 6.45) is 11.4. The lowest BCUT2D eigenvalue weighted by Gasteiger charge is -2.39. The van der Waals surface area contributed by atoms with Gasteiger partial charge in [-0.2, -0.15) is 17.0 Å². The van der Waals surface area contributed by atoms with E-state index < -0.39 is 11.2 Å². The van der Waals surface area contributed by atoms with E-state index in [1.54, 1.807) is 30.4 Å². The first-order valence-electron chi connectivity index (χ1n) is 28.1. The SMILES string of the molecule is C/C=C(\C=C/C(C(=O)N(CCNC(=O)CCOC(C)(C)CCOC(C)(C)CCNC(=O)CCCCC1SCC2NC(=O)NC21)C1CCN(Cc2ccc(C#N)cc2)CC1)=C(C)C)C(=O)N1CCN(Cc2ccc(F)cc2)CC1. The van der Waals surface area contributed by atoms with Crippen LogP contribution in [0.25, 0.3) is 0 Å². The molecular weight excluding hydrogens is 1010 g/mol. The Balaban J connectivity index is 0.936. The Kier molecular flexibility index (Phi) is 23.8. The third kappa shape index (κ3) is 19.6. The highest BCUT2D eigenvalue weighted by Gasteiger charge is 2.42. The molecule has 2 aromatic rings. The van der Waals surface area contributed by atoms with Crippen molar-refractivity contribution in [3.63, 3.8) is 0 Å². The Bertz CT molecular complexity index is 2460. The number of fused-ring (bicyclic) bond motifs is 1. The molecular formula is C60H86FN9O7S. The minimum atomic E-state index is -0.548. The molecule has 16 nitrogen and oxygen atoms in total. The number of thioether (sulfide) groups is 1. The highest BCUT2D eigenvalue weighted by molar-refractivity contribution is 8.00. The first-order valence-corrected chi connectivity index (χ1v) is 29.2. The topological polar surface area (TPSA) is 189 Å². The molecule has 0 spiro atoms. The first-order chi connectivity index (χ1) is 37.3. The average Bonchev–Trinajstić information content (AvgIpc) is 3.98. The normalized spacial score (nSPS) is 19.5. The fourth-order valence-electron chi connectivity index (χ4n) is 10.4. The van der Waals surface area contributed by atoms with Crippen molar-refractivity contribution in [1.29, 1.82) is 5.26 Å². The predicted molar refractivity (Wildman–Crippen MR) is 305 cm³/mol. The summed E-state index contributed by atoms with van der Waals surface area (Å²) in [6.45, 7) is 20.8. The van der Waals surface area contributed by atoms with Gasteiger partial charge in [0.2, 0.25) is 11.8 Å². The molecule has 2 aromatic carbocycles. The van der Waals surface area contributed by atoms with Crippen molar-refractivity contribution in [1.82, 2.24) is 40.9 Å². The molecule has 4 aliphatic rings. The van der Waals surface area contributed by atoms with E-state index in [0.29, 0.717) is 93.6 Å². The van der Waals surface area contributed by atoms with Gasteiger partial charge in [0, 0.05) is 113 Å². The Hall–Kier alpha value is -5.58. The number of nitrogens with one attached hydrogen (secondary N) is 4. The summed E-state index contributed by atoms with van der Waals surface area (Å²) in [5.41, 5.74) is 3.58. The standard InChI is InChI=1S/C60H86FN9O7S/c1-8-47(56(73)69-35-33-68(34-36-69)41-46-17-20-48(61)21-18-46)19-22-50(43(2)3)57(74)70(49-23-30-67(31-24-49)40-45-15-13-44(39-62)14-16-45)32-29-64-54(72)25-37-76-60(6,7)27-38-77-59(4,5)26-28-63-53(71)12-10-9-11-52-55-51(42-78-52)65-58(75)66-55/h8,13-22,49,51-52,55H,9-12,23-38,40-42H2,1-7H3,(H,63,71)(H,64,72)(H2,65,66,75)/b22-19-,47-8+. The van der Waals surface area contributed by atoms with Crippen molar-refractivity contribution < 1.29 is 37.8 Å². The van der Waals surface area contributed by atoms with Gasteiger partial charge in [0.05, 0.1) is 48.1 Å². The number of piperazine rings is 1. The molecule has 0 aromatic heterocycles. The number of rotatable bonds is 28. The van der Waals surface area contributed by atoms with E-state index in [0.717, 1.165) is 74.2 Å². The van der Waals surface area contributed by atoms with Gasteiger partial charge >= 0.3 is 6.03 Å². The number of hydrogen-bond acceptors (Lipinski definition) is 11. The van der Waals surface area contributed by atoms with Crippen LogP contribution >= 0.6 is 11.8 Å². The number of carbonyl (C=O) groups is 5. The third-order valence-corrected chi connectivity index (χ3v) is 16.8. The Morgan fingerprint density at radius 2 is 1.42 bits per heavy atom. The maximum Gasteiger partial charge on any atom is 0.315 e. The number of halogens is 1. The number of carbonyl (C=O) groups excluding carboxylic acids is 5. The summed E-state index contributed by atoms with van der Waals surface area (Å²) in [5, 5.41) is 21.7. The van der Waals surface area contributed by atoms with Crippen LogP contribution in [0.5, 0.6) is 0 Å². The molecule has 3 unspecified atom stereocenters. The number of unbranched alkanes of at least 4 members (excludes halogenated alkanes) is 1. The molecule has 78 heavy (non-hydrogen) atoms. The van der Waals surface area contributed by atoms with Crippen LogP contribution in [0.2, 0.25) is 0 Å². The zero-order chi connectivity index (χ0) is 56.2. The van der Waals surface area contributed by atoms with Crippen LogP contribution in [0.4, 0.5) is 9.18 Å². The van der Waals surface area contributed by atoms with Crippen molar-refractivity contribution in [2.24, 2.45) is 0 Å². The monoisotopic (exact) mass is 1100 g/mol. The molecule has 4 N–H and O–H groups in total. The van der Waals surface area contributed by atoms with Gasteiger partial charge in [0.15, 0.2) is 0 Å². The fraction of sp³-hybridized carbons (Fsp3) is 0.600. The van der Waals surface area contributed by atoms with E-state index in [-0.39, 0.29) is 73.2 Å². The number of nitrogens with zero attached hydrogens (tertiary/aromatic N) is 5. The summed E-state index contributed by atoms with van der Waals surface area (Å²) in [4.78, 5) is 74.5. The number of ether oxygens (including phenoxy) is 2. The number of piperidine rings is 1. The molecule has 4 aliphatic heterocycles. The average molecular weight is 1100 g/mol. The highest BCUT2D eigenvalue weighted by atomic mass is 32.2. The number of nitriles is 1. The number of hydrogen-bond donors (Lipinski definition) is 4. The summed E-state index contributed by atoms with van der Waals surface area (Å²) in [5.74, 6) is 0.288. The van der Waals surface area contributed by atoms with Crippen LogP contribution in [0.1, 0.15) is 123 Å². The Morgan fingerprint density at radius 1 is 0.808 bits per heavy atom. The molecule has 18 heteroatoms. The predicted octanol–water partition coefficient (Wildman–Crippen LogP) is 7.39. The van der Waals surface area contributed by atoms with Crippen LogP contribution in [-0.4, -0.2) is 162 Å². The molecule has 0 radical (unpaired) electrons. The van der Waals surface area contributed by atoms with Gasteiger partial charge in [-0.05, 0) is 135 Å². The van der Waals surface area contributed by atoms with Crippen LogP contribution in [0.3, 0.4) is 0 Å². The second-order valence-corrected chi connectivity index (χ2v) is 23.8. The molecule has 0 bridgehead atoms. The summed E-state index contributed by atoms with van der Waals surface area (Å²) in [7, 11) is 0. The van der Waals surface area contributed by atoms with Gasteiger partial charge in [-0.1, -0.05) is 42.3 Å². The molecule has 6 rings (SSSR count). The van der Waals surface area contributed by atoms with E-state index in [2.05, 4.69) is 37.1 Å². The summed E-state index contributed by atoms with van der Waals surface area (Å²) >= 11 is 1.89. The van der Waals surface area contributed by atoms with Gasteiger partial charge in [-0.25, -0.2) is 9.18 Å². The number of amides is 6. The number of benzene rings is 2. The van der Waals surface area contributed by atoms with Crippen molar-refractivity contribution in [3.05, 3.63) is 106 Å². The zero-order valence-corrected chi connectivity index (χ0v) is 48.1. The lowest BCUT2D eigenvalue weighted by molar-refractivity contribution is -0.131. The third-order valence-electron chi connectivity index (χ3n) is 15.3. The fourth-order valence-corrected chi connectivity index (χ4v) is 11.9. The lowest BCUT2D eigenvalue weighted by atomic mass is 9.99. The summed E-state index contributed by atoms with van der Waals surface area (Å²) in [6, 6.07) is 16.6. The van der Waals surface area contributed by atoms with E-state index in [4.69, 9.17) is 9.47 Å². The van der Waals surface area contributed by atoms with Crippen molar-refractivity contribution in [2.45, 2.75) is 154 Å². The molecule has 0 aliphatic carbocycles. The van der Waals surface area contributed by atoms with Gasteiger partial charge in [-0.3, -0.25) is 29.0 Å².